The fourth-order valence-corrected chi connectivity index (χ4v) is 1.65. The molecular weight excluding hydrogens is 325 g/mol. The lowest BCUT2D eigenvalue weighted by atomic mass is 10.4. The number of nitrogens with one attached hydrogen (secondary N) is 1. The van der Waals surface area contributed by atoms with Gasteiger partial charge in [-0.2, -0.15) is 17.7 Å². The number of hydrogen-bond donors (Lipinski definition) is 2. The van der Waals surface area contributed by atoms with Crippen LogP contribution in [-0.2, 0) is 11.3 Å². The Hall–Kier alpha value is -0.240. The molecule has 0 atom stereocenters. The van der Waals surface area contributed by atoms with E-state index in [2.05, 4.69) is 45.6 Å². The minimum Gasteiger partial charge on any atom is -0.355 e. The normalized spacial score (nSPS) is 10.3. The number of aryl methyl sites for hydroxylation is 2. The maximum atomic E-state index is 11.3. The second-order valence-electron chi connectivity index (χ2n) is 3.15. The molecule has 0 aliphatic rings. The van der Waals surface area contributed by atoms with E-state index in [1.165, 1.54) is 0 Å². The molecule has 4 nitrogen and oxygen atoms in total. The molecule has 0 bridgehead atoms. The highest BCUT2D eigenvalue weighted by molar-refractivity contribution is 14.1. The molecule has 1 aromatic heterocycles. The van der Waals surface area contributed by atoms with E-state index in [0.29, 0.717) is 25.3 Å². The van der Waals surface area contributed by atoms with E-state index in [9.17, 15) is 4.79 Å². The molecule has 1 N–H and O–H groups in total. The predicted molar refractivity (Wildman–Crippen MR) is 71.2 cm³/mol. The van der Waals surface area contributed by atoms with Crippen LogP contribution in [0.15, 0.2) is 6.20 Å². The monoisotopic (exact) mass is 339 g/mol. The van der Waals surface area contributed by atoms with E-state index < -0.39 is 0 Å². The SMILES string of the molecule is Cc1nn(CCC(=O)NCCS)cc1I. The number of aromatic nitrogens is 2. The average Bonchev–Trinajstić information content (AvgIpc) is 2.52. The molecule has 1 amide bonds. The highest BCUT2D eigenvalue weighted by Gasteiger charge is 2.04. The number of carbonyl (C=O) groups excluding carboxylic acids is 1. The summed E-state index contributed by atoms with van der Waals surface area (Å²) >= 11 is 6.25. The Balaban J connectivity index is 2.33. The van der Waals surface area contributed by atoms with E-state index in [1.54, 1.807) is 4.68 Å². The maximum absolute atomic E-state index is 11.3. The molecule has 1 rings (SSSR count). The number of carbonyl (C=O) groups is 1. The standard InChI is InChI=1S/C9H14IN3OS/c1-7-8(10)6-13(12-7)4-2-9(14)11-3-5-15/h6,15H,2-5H2,1H3,(H,11,14). The van der Waals surface area contributed by atoms with Crippen molar-refractivity contribution < 1.29 is 4.79 Å². The molecule has 0 radical (unpaired) electrons. The van der Waals surface area contributed by atoms with Gasteiger partial charge in [-0.1, -0.05) is 0 Å². The molecule has 1 heterocycles. The van der Waals surface area contributed by atoms with Crippen molar-refractivity contribution in [3.63, 3.8) is 0 Å². The third-order valence-corrected chi connectivity index (χ3v) is 3.17. The highest BCUT2D eigenvalue weighted by atomic mass is 127. The third-order valence-electron chi connectivity index (χ3n) is 1.89. The Morgan fingerprint density at radius 3 is 3.00 bits per heavy atom. The van der Waals surface area contributed by atoms with Crippen LogP contribution in [0.1, 0.15) is 12.1 Å². The second-order valence-corrected chi connectivity index (χ2v) is 4.76. The first kappa shape index (κ1) is 12.8. The lowest BCUT2D eigenvalue weighted by Crippen LogP contribution is -2.26. The summed E-state index contributed by atoms with van der Waals surface area (Å²) in [6, 6.07) is 0. The quantitative estimate of drug-likeness (QED) is 0.626. The van der Waals surface area contributed by atoms with Crippen molar-refractivity contribution in [3.05, 3.63) is 15.5 Å². The number of rotatable bonds is 5. The number of amides is 1. The number of thiol groups is 1. The molecule has 0 saturated carbocycles. The lowest BCUT2D eigenvalue weighted by molar-refractivity contribution is -0.121. The summed E-state index contributed by atoms with van der Waals surface area (Å²) in [6.07, 6.45) is 2.41. The first-order valence-electron chi connectivity index (χ1n) is 4.70. The minimum atomic E-state index is 0.0483. The zero-order valence-electron chi connectivity index (χ0n) is 8.53. The van der Waals surface area contributed by atoms with Crippen molar-refractivity contribution in [2.75, 3.05) is 12.3 Å². The molecule has 1 aromatic rings. The van der Waals surface area contributed by atoms with Gasteiger partial charge >= 0.3 is 0 Å². The van der Waals surface area contributed by atoms with Crippen molar-refractivity contribution in [1.82, 2.24) is 15.1 Å². The molecule has 0 aliphatic heterocycles. The van der Waals surface area contributed by atoms with Crippen LogP contribution in [0.2, 0.25) is 0 Å². The number of halogens is 1. The summed E-state index contributed by atoms with van der Waals surface area (Å²) in [6.45, 7) is 3.21. The third kappa shape index (κ3) is 4.42. The van der Waals surface area contributed by atoms with Crippen molar-refractivity contribution in [2.45, 2.75) is 19.9 Å². The van der Waals surface area contributed by atoms with Crippen LogP contribution < -0.4 is 5.32 Å². The highest BCUT2D eigenvalue weighted by Crippen LogP contribution is 2.08. The topological polar surface area (TPSA) is 46.9 Å². The molecule has 0 aromatic carbocycles. The largest absolute Gasteiger partial charge is 0.355 e. The molecule has 0 fully saturated rings. The summed E-state index contributed by atoms with van der Waals surface area (Å²) in [5.41, 5.74) is 1.01. The molecule has 84 valence electrons. The molecule has 0 spiro atoms. The van der Waals surface area contributed by atoms with Gasteiger partial charge in [0.2, 0.25) is 5.91 Å². The first-order chi connectivity index (χ1) is 7.13. The maximum Gasteiger partial charge on any atom is 0.221 e. The average molecular weight is 339 g/mol. The van der Waals surface area contributed by atoms with Crippen LogP contribution in [0.4, 0.5) is 0 Å². The van der Waals surface area contributed by atoms with Crippen molar-refractivity contribution >= 4 is 41.1 Å². The Labute approximate surface area is 108 Å². The molecule has 6 heteroatoms. The minimum absolute atomic E-state index is 0.0483. The fourth-order valence-electron chi connectivity index (χ4n) is 1.11. The molecular formula is C9H14IN3OS. The van der Waals surface area contributed by atoms with Crippen LogP contribution in [0.5, 0.6) is 0 Å². The summed E-state index contributed by atoms with van der Waals surface area (Å²) in [5.74, 6) is 0.719. The Bertz CT molecular complexity index is 321. The van der Waals surface area contributed by atoms with Gasteiger partial charge in [0.25, 0.3) is 0 Å². The van der Waals surface area contributed by atoms with Gasteiger partial charge in [-0.15, -0.1) is 0 Å². The number of nitrogens with zero attached hydrogens (tertiary/aromatic N) is 2. The van der Waals surface area contributed by atoms with Gasteiger partial charge in [0.1, 0.15) is 0 Å². The van der Waals surface area contributed by atoms with E-state index in [4.69, 9.17) is 0 Å². The van der Waals surface area contributed by atoms with Gasteiger partial charge in [0, 0.05) is 31.5 Å². The lowest BCUT2D eigenvalue weighted by Gasteiger charge is -2.03. The van der Waals surface area contributed by atoms with E-state index >= 15 is 0 Å². The molecule has 0 aliphatic carbocycles. The molecule has 15 heavy (non-hydrogen) atoms. The van der Waals surface area contributed by atoms with Gasteiger partial charge < -0.3 is 5.32 Å². The smallest absolute Gasteiger partial charge is 0.221 e. The Kier molecular flexibility index (Phi) is 5.44. The van der Waals surface area contributed by atoms with Gasteiger partial charge in [-0.05, 0) is 29.5 Å². The predicted octanol–water partition coefficient (Wildman–Crippen LogP) is 1.23. The summed E-state index contributed by atoms with van der Waals surface area (Å²) in [5, 5.41) is 7.04. The summed E-state index contributed by atoms with van der Waals surface area (Å²) < 4.78 is 2.93. The van der Waals surface area contributed by atoms with Crippen LogP contribution in [0.25, 0.3) is 0 Å². The number of hydrogen-bond acceptors (Lipinski definition) is 3. The summed E-state index contributed by atoms with van der Waals surface area (Å²) in [4.78, 5) is 11.3. The summed E-state index contributed by atoms with van der Waals surface area (Å²) in [7, 11) is 0. The van der Waals surface area contributed by atoms with Crippen LogP contribution >= 0.6 is 35.2 Å². The second kappa shape index (κ2) is 6.37. The van der Waals surface area contributed by atoms with Gasteiger partial charge in [0.05, 0.1) is 9.26 Å². The Morgan fingerprint density at radius 1 is 1.73 bits per heavy atom. The zero-order valence-corrected chi connectivity index (χ0v) is 11.6. The van der Waals surface area contributed by atoms with Crippen LogP contribution in [0.3, 0.4) is 0 Å². The van der Waals surface area contributed by atoms with E-state index in [-0.39, 0.29) is 5.91 Å². The molecule has 0 unspecified atom stereocenters. The zero-order chi connectivity index (χ0) is 11.3. The van der Waals surface area contributed by atoms with E-state index in [0.717, 1.165) is 9.26 Å². The van der Waals surface area contributed by atoms with Crippen molar-refractivity contribution in [1.29, 1.82) is 0 Å². The van der Waals surface area contributed by atoms with Crippen LogP contribution in [-0.4, -0.2) is 28.0 Å². The van der Waals surface area contributed by atoms with Crippen LogP contribution in [0, 0.1) is 10.5 Å². The van der Waals surface area contributed by atoms with Gasteiger partial charge in [-0.3, -0.25) is 9.48 Å². The Morgan fingerprint density at radius 2 is 2.47 bits per heavy atom. The fraction of sp³-hybridized carbons (Fsp3) is 0.556. The van der Waals surface area contributed by atoms with Crippen molar-refractivity contribution in [2.24, 2.45) is 0 Å². The van der Waals surface area contributed by atoms with Crippen molar-refractivity contribution in [3.8, 4) is 0 Å². The molecule has 0 saturated heterocycles. The first-order valence-corrected chi connectivity index (χ1v) is 6.41. The van der Waals surface area contributed by atoms with Gasteiger partial charge in [0.15, 0.2) is 0 Å². The van der Waals surface area contributed by atoms with Gasteiger partial charge in [-0.25, -0.2) is 0 Å². The van der Waals surface area contributed by atoms with E-state index in [1.807, 2.05) is 13.1 Å².